The van der Waals surface area contributed by atoms with Crippen LogP contribution in [0.3, 0.4) is 0 Å². The van der Waals surface area contributed by atoms with E-state index < -0.39 is 0 Å². The molecule has 0 aliphatic heterocycles. The third-order valence-corrected chi connectivity index (χ3v) is 3.48. The van der Waals surface area contributed by atoms with Gasteiger partial charge < -0.3 is 5.32 Å². The maximum Gasteiger partial charge on any atom is 0.153 e. The fourth-order valence-corrected chi connectivity index (χ4v) is 2.55. The fourth-order valence-electron chi connectivity index (χ4n) is 2.00. The Hall–Kier alpha value is -1.27. The monoisotopic (exact) mass is 326 g/mol. The highest BCUT2D eigenvalue weighted by molar-refractivity contribution is 9.10. The molecule has 0 fully saturated rings. The van der Waals surface area contributed by atoms with Crippen molar-refractivity contribution < 1.29 is 4.39 Å². The van der Waals surface area contributed by atoms with Crippen LogP contribution >= 0.6 is 15.9 Å². The lowest BCUT2D eigenvalue weighted by Gasteiger charge is -2.19. The molecule has 4 nitrogen and oxygen atoms in total. The van der Waals surface area contributed by atoms with E-state index in [-0.39, 0.29) is 11.9 Å². The first kappa shape index (κ1) is 14.1. The maximum absolute atomic E-state index is 14.0. The first-order valence-electron chi connectivity index (χ1n) is 6.18. The summed E-state index contributed by atoms with van der Waals surface area (Å²) in [6.45, 7) is 2.86. The van der Waals surface area contributed by atoms with Gasteiger partial charge in [-0.05, 0) is 35.0 Å². The van der Waals surface area contributed by atoms with Crippen LogP contribution in [0.25, 0.3) is 0 Å². The molecule has 0 saturated carbocycles. The van der Waals surface area contributed by atoms with E-state index in [2.05, 4.69) is 38.5 Å². The van der Waals surface area contributed by atoms with Gasteiger partial charge in [0.1, 0.15) is 5.82 Å². The molecule has 0 bridgehead atoms. The molecule has 1 atom stereocenters. The van der Waals surface area contributed by atoms with E-state index in [1.165, 1.54) is 6.07 Å². The minimum absolute atomic E-state index is 0.232. The summed E-state index contributed by atoms with van der Waals surface area (Å²) < 4.78 is 16.3. The summed E-state index contributed by atoms with van der Waals surface area (Å²) in [5, 5.41) is 11.3. The van der Waals surface area contributed by atoms with Crippen LogP contribution in [-0.2, 0) is 7.05 Å². The third kappa shape index (κ3) is 3.01. The van der Waals surface area contributed by atoms with Crippen LogP contribution in [0.2, 0.25) is 0 Å². The average molecular weight is 327 g/mol. The van der Waals surface area contributed by atoms with Crippen LogP contribution in [0.4, 0.5) is 4.39 Å². The second-order valence-corrected chi connectivity index (χ2v) is 5.05. The molecule has 2 aromatic rings. The summed E-state index contributed by atoms with van der Waals surface area (Å²) in [6.07, 6.45) is 0.966. The zero-order valence-electron chi connectivity index (χ0n) is 10.9. The van der Waals surface area contributed by atoms with Gasteiger partial charge in [-0.3, -0.25) is 0 Å². The van der Waals surface area contributed by atoms with E-state index in [9.17, 15) is 4.39 Å². The number of hydrogen-bond acceptors (Lipinski definition) is 3. The molecule has 0 amide bonds. The maximum atomic E-state index is 14.0. The van der Waals surface area contributed by atoms with E-state index in [1.807, 2.05) is 6.07 Å². The zero-order valence-corrected chi connectivity index (χ0v) is 12.5. The van der Waals surface area contributed by atoms with Crippen molar-refractivity contribution in [2.24, 2.45) is 7.05 Å². The summed E-state index contributed by atoms with van der Waals surface area (Å²) >= 11 is 3.37. The van der Waals surface area contributed by atoms with Crippen LogP contribution in [0, 0.1) is 5.82 Å². The summed E-state index contributed by atoms with van der Waals surface area (Å²) in [7, 11) is 1.80. The average Bonchev–Trinajstić information content (AvgIpc) is 2.73. The third-order valence-electron chi connectivity index (χ3n) is 2.91. The number of aromatic nitrogens is 3. The van der Waals surface area contributed by atoms with Crippen molar-refractivity contribution in [3.63, 3.8) is 0 Å². The van der Waals surface area contributed by atoms with Crippen molar-refractivity contribution in [1.29, 1.82) is 0 Å². The smallest absolute Gasteiger partial charge is 0.153 e. The molecule has 19 heavy (non-hydrogen) atoms. The second kappa shape index (κ2) is 6.25. The van der Waals surface area contributed by atoms with Crippen LogP contribution in [-0.4, -0.2) is 21.5 Å². The van der Waals surface area contributed by atoms with Crippen LogP contribution in [0.15, 0.2) is 28.9 Å². The van der Waals surface area contributed by atoms with Gasteiger partial charge in [-0.15, -0.1) is 5.10 Å². The number of hydrogen-bond donors (Lipinski definition) is 1. The van der Waals surface area contributed by atoms with Crippen molar-refractivity contribution in [1.82, 2.24) is 20.3 Å². The lowest BCUT2D eigenvalue weighted by atomic mass is 10.0. The van der Waals surface area contributed by atoms with E-state index in [4.69, 9.17) is 0 Å². The van der Waals surface area contributed by atoms with Gasteiger partial charge in [0.25, 0.3) is 0 Å². The zero-order chi connectivity index (χ0) is 13.8. The Morgan fingerprint density at radius 1 is 1.42 bits per heavy atom. The Kier molecular flexibility index (Phi) is 4.66. The van der Waals surface area contributed by atoms with Crippen molar-refractivity contribution in [2.75, 3.05) is 6.54 Å². The predicted octanol–water partition coefficient (Wildman–Crippen LogP) is 2.81. The Morgan fingerprint density at radius 2 is 2.16 bits per heavy atom. The summed E-state index contributed by atoms with van der Waals surface area (Å²) in [4.78, 5) is 0. The molecule has 0 aliphatic rings. The first-order chi connectivity index (χ1) is 9.15. The number of rotatable bonds is 5. The summed E-state index contributed by atoms with van der Waals surface area (Å²) in [6, 6.07) is 6.49. The second-order valence-electron chi connectivity index (χ2n) is 4.30. The van der Waals surface area contributed by atoms with Gasteiger partial charge in [0.05, 0.1) is 11.7 Å². The minimum Gasteiger partial charge on any atom is -0.305 e. The number of nitrogens with one attached hydrogen (secondary N) is 1. The highest BCUT2D eigenvalue weighted by atomic mass is 79.9. The molecule has 1 unspecified atom stereocenters. The number of halogens is 2. The normalized spacial score (nSPS) is 12.6. The molecule has 1 N–H and O–H groups in total. The minimum atomic E-state index is -0.268. The largest absolute Gasteiger partial charge is 0.305 e. The SMILES string of the molecule is CCCNC(c1ccccc1F)c1c(Br)nnn1C. The van der Waals surface area contributed by atoms with Gasteiger partial charge in [0.15, 0.2) is 4.60 Å². The van der Waals surface area contributed by atoms with Gasteiger partial charge in [-0.25, -0.2) is 9.07 Å². The van der Waals surface area contributed by atoms with Gasteiger partial charge in [0.2, 0.25) is 0 Å². The number of aryl methyl sites for hydroxylation is 1. The van der Waals surface area contributed by atoms with Gasteiger partial charge in [0, 0.05) is 12.6 Å². The molecule has 1 heterocycles. The Morgan fingerprint density at radius 3 is 2.74 bits per heavy atom. The van der Waals surface area contributed by atoms with Crippen molar-refractivity contribution >= 4 is 15.9 Å². The lowest BCUT2D eigenvalue weighted by Crippen LogP contribution is -2.26. The van der Waals surface area contributed by atoms with Crippen LogP contribution < -0.4 is 5.32 Å². The van der Waals surface area contributed by atoms with E-state index in [0.29, 0.717) is 10.2 Å². The molecular formula is C13H16BrFN4. The van der Waals surface area contributed by atoms with E-state index >= 15 is 0 Å². The number of nitrogens with zero attached hydrogens (tertiary/aromatic N) is 3. The Balaban J connectivity index is 2.45. The summed E-state index contributed by atoms with van der Waals surface area (Å²) in [5.74, 6) is -0.232. The van der Waals surface area contributed by atoms with Gasteiger partial charge in [-0.2, -0.15) is 0 Å². The molecule has 2 rings (SSSR count). The topological polar surface area (TPSA) is 42.7 Å². The lowest BCUT2D eigenvalue weighted by molar-refractivity contribution is 0.518. The van der Waals surface area contributed by atoms with Crippen molar-refractivity contribution in [3.8, 4) is 0 Å². The van der Waals surface area contributed by atoms with Gasteiger partial charge in [-0.1, -0.05) is 30.3 Å². The highest BCUT2D eigenvalue weighted by Crippen LogP contribution is 2.28. The van der Waals surface area contributed by atoms with Crippen LogP contribution in [0.1, 0.15) is 30.6 Å². The predicted molar refractivity (Wildman–Crippen MR) is 75.2 cm³/mol. The molecule has 0 aliphatic carbocycles. The first-order valence-corrected chi connectivity index (χ1v) is 6.97. The standard InChI is InChI=1S/C13H16BrFN4/c1-3-8-16-11(9-6-4-5-7-10(9)15)12-13(14)17-18-19(12)2/h4-7,11,16H,3,8H2,1-2H3. The van der Waals surface area contributed by atoms with Crippen molar-refractivity contribution in [2.45, 2.75) is 19.4 Å². The Bertz CT molecular complexity index is 536. The van der Waals surface area contributed by atoms with Crippen molar-refractivity contribution in [3.05, 3.63) is 45.9 Å². The molecule has 0 radical (unpaired) electrons. The number of benzene rings is 1. The molecule has 0 spiro atoms. The molecule has 1 aromatic heterocycles. The summed E-state index contributed by atoms with van der Waals surface area (Å²) in [5.41, 5.74) is 1.42. The molecule has 6 heteroatoms. The molecule has 102 valence electrons. The van der Waals surface area contributed by atoms with Gasteiger partial charge >= 0.3 is 0 Å². The molecular weight excluding hydrogens is 311 g/mol. The van der Waals surface area contributed by atoms with E-state index in [1.54, 1.807) is 23.9 Å². The highest BCUT2D eigenvalue weighted by Gasteiger charge is 2.23. The Labute approximate surface area is 120 Å². The fraction of sp³-hybridized carbons (Fsp3) is 0.385. The molecule has 1 aromatic carbocycles. The van der Waals surface area contributed by atoms with E-state index in [0.717, 1.165) is 18.7 Å². The van der Waals surface area contributed by atoms with Crippen LogP contribution in [0.5, 0.6) is 0 Å². The quantitative estimate of drug-likeness (QED) is 0.918. The molecule has 0 saturated heterocycles.